The molecule has 2 saturated heterocycles. The van der Waals surface area contributed by atoms with Crippen molar-refractivity contribution < 1.29 is 19.1 Å². The molecule has 4 rings (SSSR count). The first-order chi connectivity index (χ1) is 17.8. The molecule has 0 saturated carbocycles. The Labute approximate surface area is 218 Å². The number of hydrogen-bond donors (Lipinski definition) is 1. The normalized spacial score (nSPS) is 18.9. The smallest absolute Gasteiger partial charge is 0.410 e. The molecule has 0 aliphatic carbocycles. The van der Waals surface area contributed by atoms with Gasteiger partial charge in [-0.15, -0.1) is 0 Å². The lowest BCUT2D eigenvalue weighted by Crippen LogP contribution is -2.46. The molecule has 8 heteroatoms. The first-order valence-corrected chi connectivity index (χ1v) is 13.1. The van der Waals surface area contributed by atoms with Gasteiger partial charge in [0.25, 0.3) is 0 Å². The third-order valence-electron chi connectivity index (χ3n) is 6.94. The van der Waals surface area contributed by atoms with Crippen molar-refractivity contribution in [3.8, 4) is 22.9 Å². The Bertz CT molecular complexity index is 1100. The highest BCUT2D eigenvalue weighted by Gasteiger charge is 2.31. The van der Waals surface area contributed by atoms with Crippen LogP contribution in [0.4, 0.5) is 4.79 Å². The fraction of sp³-hybridized carbons (Fsp3) is 0.483. The highest BCUT2D eigenvalue weighted by Crippen LogP contribution is 2.26. The number of benzene rings is 2. The molecule has 8 nitrogen and oxygen atoms in total. The number of carbonyl (C=O) groups excluding carboxylic acids is 2. The summed E-state index contributed by atoms with van der Waals surface area (Å²) in [5, 5.41) is 9.24. The van der Waals surface area contributed by atoms with Gasteiger partial charge in [-0.1, -0.05) is 36.4 Å². The monoisotopic (exact) mass is 504 g/mol. The summed E-state index contributed by atoms with van der Waals surface area (Å²) in [6.45, 7) is 5.58. The molecule has 2 fully saturated rings. The molecule has 0 spiro atoms. The molecule has 2 amide bonds. The number of amides is 2. The number of piperidine rings is 1. The Kier molecular flexibility index (Phi) is 8.67. The van der Waals surface area contributed by atoms with E-state index < -0.39 is 6.04 Å². The van der Waals surface area contributed by atoms with E-state index in [9.17, 15) is 14.9 Å². The van der Waals surface area contributed by atoms with Gasteiger partial charge in [-0.25, -0.2) is 4.79 Å². The van der Waals surface area contributed by atoms with Gasteiger partial charge in [0, 0.05) is 32.5 Å². The molecule has 2 heterocycles. The quantitative estimate of drug-likeness (QED) is 0.607. The zero-order chi connectivity index (χ0) is 26.4. The van der Waals surface area contributed by atoms with E-state index in [0.29, 0.717) is 26.1 Å². The summed E-state index contributed by atoms with van der Waals surface area (Å²) in [4.78, 5) is 28.1. The van der Waals surface area contributed by atoms with Crippen molar-refractivity contribution in [2.24, 2.45) is 5.73 Å². The summed E-state index contributed by atoms with van der Waals surface area (Å²) in [5.74, 6) is 0.663. The zero-order valence-electron chi connectivity index (χ0n) is 21.6. The van der Waals surface area contributed by atoms with E-state index in [1.165, 1.54) is 0 Å². The lowest BCUT2D eigenvalue weighted by molar-refractivity contribution is -0.132. The average Bonchev–Trinajstić information content (AvgIpc) is 3.38. The van der Waals surface area contributed by atoms with Crippen LogP contribution in [0, 0.1) is 11.3 Å². The molecule has 2 N–H and O–H groups in total. The van der Waals surface area contributed by atoms with Crippen molar-refractivity contribution in [1.82, 2.24) is 9.80 Å². The second kappa shape index (κ2) is 12.1. The maximum atomic E-state index is 12.7. The molecule has 2 aromatic rings. The number of carbonyl (C=O) groups is 2. The van der Waals surface area contributed by atoms with E-state index in [1.54, 1.807) is 9.80 Å². The maximum Gasteiger partial charge on any atom is 0.410 e. The average molecular weight is 505 g/mol. The maximum absolute atomic E-state index is 12.7. The van der Waals surface area contributed by atoms with Crippen LogP contribution in [0.3, 0.4) is 0 Å². The fourth-order valence-corrected chi connectivity index (χ4v) is 4.90. The van der Waals surface area contributed by atoms with E-state index in [4.69, 9.17) is 15.2 Å². The Morgan fingerprint density at radius 1 is 1.00 bits per heavy atom. The van der Waals surface area contributed by atoms with Crippen LogP contribution in [-0.2, 0) is 16.0 Å². The van der Waals surface area contributed by atoms with Gasteiger partial charge in [-0.05, 0) is 61.9 Å². The second-order valence-electron chi connectivity index (χ2n) is 10.1. The molecule has 2 aliphatic heterocycles. The summed E-state index contributed by atoms with van der Waals surface area (Å²) in [5.41, 5.74) is 9.31. The fourth-order valence-electron chi connectivity index (χ4n) is 4.90. The largest absolute Gasteiger partial charge is 0.490 e. The van der Waals surface area contributed by atoms with Gasteiger partial charge in [0.15, 0.2) is 0 Å². The van der Waals surface area contributed by atoms with Gasteiger partial charge in [0.05, 0.1) is 18.2 Å². The molecule has 2 atom stereocenters. The molecule has 2 aromatic carbocycles. The predicted octanol–water partition coefficient (Wildman–Crippen LogP) is 4.13. The van der Waals surface area contributed by atoms with Gasteiger partial charge in [-0.3, -0.25) is 4.79 Å². The SMILES string of the molecule is CC(C)OC(=O)N1CCC(Oc2ccc(-c3ccc(C[C@@H](N)C(=O)N4CCC[C@H]4C#N)cc3)cc2)CC1. The van der Waals surface area contributed by atoms with Gasteiger partial charge in [-0.2, -0.15) is 5.26 Å². The van der Waals surface area contributed by atoms with E-state index in [0.717, 1.165) is 48.1 Å². The molecule has 2 aliphatic rings. The Morgan fingerprint density at radius 3 is 2.22 bits per heavy atom. The third-order valence-corrected chi connectivity index (χ3v) is 6.94. The third kappa shape index (κ3) is 6.80. The number of rotatable bonds is 7. The van der Waals surface area contributed by atoms with Crippen molar-refractivity contribution in [2.75, 3.05) is 19.6 Å². The Morgan fingerprint density at radius 2 is 1.62 bits per heavy atom. The number of hydrogen-bond acceptors (Lipinski definition) is 6. The molecule has 0 bridgehead atoms. The van der Waals surface area contributed by atoms with Crippen LogP contribution >= 0.6 is 0 Å². The molecular weight excluding hydrogens is 468 g/mol. The first kappa shape index (κ1) is 26.5. The van der Waals surface area contributed by atoms with E-state index >= 15 is 0 Å². The summed E-state index contributed by atoms with van der Waals surface area (Å²) >= 11 is 0. The van der Waals surface area contributed by atoms with Gasteiger partial charge >= 0.3 is 6.09 Å². The molecule has 0 unspecified atom stereocenters. The number of nitrogens with two attached hydrogens (primary N) is 1. The van der Waals surface area contributed by atoms with Crippen LogP contribution in [0.15, 0.2) is 48.5 Å². The topological polar surface area (TPSA) is 109 Å². The lowest BCUT2D eigenvalue weighted by Gasteiger charge is -2.32. The van der Waals surface area contributed by atoms with Crippen molar-refractivity contribution in [3.63, 3.8) is 0 Å². The van der Waals surface area contributed by atoms with E-state index in [-0.39, 0.29) is 30.3 Å². The molecular formula is C29H36N4O4. The highest BCUT2D eigenvalue weighted by atomic mass is 16.6. The van der Waals surface area contributed by atoms with Crippen molar-refractivity contribution in [2.45, 2.75) is 70.2 Å². The first-order valence-electron chi connectivity index (χ1n) is 13.1. The molecule has 0 radical (unpaired) electrons. The minimum atomic E-state index is -0.649. The van der Waals surface area contributed by atoms with Crippen LogP contribution in [0.5, 0.6) is 5.75 Å². The lowest BCUT2D eigenvalue weighted by atomic mass is 10.00. The van der Waals surface area contributed by atoms with Crippen molar-refractivity contribution in [1.29, 1.82) is 5.26 Å². The highest BCUT2D eigenvalue weighted by molar-refractivity contribution is 5.83. The summed E-state index contributed by atoms with van der Waals surface area (Å²) < 4.78 is 11.4. The van der Waals surface area contributed by atoms with Crippen LogP contribution in [-0.4, -0.2) is 65.7 Å². The minimum absolute atomic E-state index is 0.0733. The molecule has 196 valence electrons. The van der Waals surface area contributed by atoms with Crippen molar-refractivity contribution >= 4 is 12.0 Å². The summed E-state index contributed by atoms with van der Waals surface area (Å²) in [6.07, 6.45) is 3.27. The number of ether oxygens (including phenoxy) is 2. The van der Waals surface area contributed by atoms with Gasteiger partial charge in [0.2, 0.25) is 5.91 Å². The Hall–Kier alpha value is -3.57. The molecule has 0 aromatic heterocycles. The van der Waals surface area contributed by atoms with Crippen LogP contribution in [0.1, 0.15) is 45.1 Å². The number of nitriles is 1. The number of likely N-dealkylation sites (tertiary alicyclic amines) is 2. The predicted molar refractivity (Wildman–Crippen MR) is 141 cm³/mol. The van der Waals surface area contributed by atoms with Gasteiger partial charge in [0.1, 0.15) is 17.9 Å². The minimum Gasteiger partial charge on any atom is -0.490 e. The van der Waals surface area contributed by atoms with Crippen molar-refractivity contribution in [3.05, 3.63) is 54.1 Å². The van der Waals surface area contributed by atoms with Gasteiger partial charge < -0.3 is 25.0 Å². The van der Waals surface area contributed by atoms with E-state index in [1.807, 2.05) is 62.4 Å². The Balaban J connectivity index is 1.27. The van der Waals surface area contributed by atoms with Crippen LogP contribution in [0.2, 0.25) is 0 Å². The number of nitrogens with zero attached hydrogens (tertiary/aromatic N) is 3. The summed E-state index contributed by atoms with van der Waals surface area (Å²) in [6, 6.07) is 17.3. The zero-order valence-corrected chi connectivity index (χ0v) is 21.6. The standard InChI is InChI=1S/C29H36N4O4/c1-20(2)36-29(35)32-16-13-26(14-17-32)37-25-11-9-23(10-12-25)22-7-5-21(6-8-22)18-27(31)28(34)33-15-3-4-24(33)19-30/h5-12,20,24,26-27H,3-4,13-18,31H2,1-2H3/t24-,27+/m0/s1. The van der Waals surface area contributed by atoms with Crippen LogP contribution in [0.25, 0.3) is 11.1 Å². The summed E-state index contributed by atoms with van der Waals surface area (Å²) in [7, 11) is 0. The second-order valence-corrected chi connectivity index (χ2v) is 10.1. The van der Waals surface area contributed by atoms with Crippen LogP contribution < -0.4 is 10.5 Å². The molecule has 37 heavy (non-hydrogen) atoms. The van der Waals surface area contributed by atoms with E-state index in [2.05, 4.69) is 6.07 Å².